The van der Waals surface area contributed by atoms with E-state index in [1.807, 2.05) is 0 Å². The van der Waals surface area contributed by atoms with Crippen molar-refractivity contribution in [3.8, 4) is 0 Å². The molecule has 0 radical (unpaired) electrons. The lowest BCUT2D eigenvalue weighted by Crippen LogP contribution is -1.85. The second-order valence-electron chi connectivity index (χ2n) is 2.20. The molecule has 5 heteroatoms. The van der Waals surface area contributed by atoms with Crippen molar-refractivity contribution >= 4 is 38.4 Å². The number of halogens is 2. The van der Waals surface area contributed by atoms with Gasteiger partial charge in [-0.3, -0.25) is 4.98 Å². The maximum Gasteiger partial charge on any atom is 0.222 e. The Hall–Kier alpha value is -0.740. The first-order valence-electron chi connectivity index (χ1n) is 3.19. The minimum atomic E-state index is 0.245. The summed E-state index contributed by atoms with van der Waals surface area (Å²) in [7, 11) is 0. The molecular weight excluding hydrogens is 241 g/mol. The van der Waals surface area contributed by atoms with Gasteiger partial charge in [0.15, 0.2) is 0 Å². The van der Waals surface area contributed by atoms with Crippen LogP contribution in [0.1, 0.15) is 0 Å². The van der Waals surface area contributed by atoms with Crippen LogP contribution in [0.4, 0.5) is 0 Å². The molecule has 0 aliphatic heterocycles. The maximum absolute atomic E-state index is 5.63. The van der Waals surface area contributed by atoms with Gasteiger partial charge in [-0.1, -0.05) is 0 Å². The Morgan fingerprint density at radius 1 is 1.25 bits per heavy atom. The minimum absolute atomic E-state index is 0.245. The minimum Gasteiger partial charge on any atom is -0.263 e. The second-order valence-corrected chi connectivity index (χ2v) is 3.39. The van der Waals surface area contributed by atoms with Crippen molar-refractivity contribution in [2.75, 3.05) is 0 Å². The predicted molar refractivity (Wildman–Crippen MR) is 50.0 cm³/mol. The van der Waals surface area contributed by atoms with Gasteiger partial charge in [0.25, 0.3) is 0 Å². The molecule has 0 bridgehead atoms. The molecule has 0 aliphatic rings. The molecule has 0 atom stereocenters. The number of aromatic nitrogens is 3. The van der Waals surface area contributed by atoms with Crippen molar-refractivity contribution in [2.45, 2.75) is 0 Å². The first-order chi connectivity index (χ1) is 5.77. The summed E-state index contributed by atoms with van der Waals surface area (Å²) in [6.45, 7) is 0. The topological polar surface area (TPSA) is 38.7 Å². The summed E-state index contributed by atoms with van der Waals surface area (Å²) in [5, 5.41) is 1.11. The SMILES string of the molecule is Clc1ncc2cncc(Br)c2n1. The zero-order chi connectivity index (χ0) is 8.55. The van der Waals surface area contributed by atoms with E-state index in [2.05, 4.69) is 30.9 Å². The fraction of sp³-hybridized carbons (Fsp3) is 0. The van der Waals surface area contributed by atoms with Gasteiger partial charge in [-0.15, -0.1) is 0 Å². The Morgan fingerprint density at radius 2 is 2.08 bits per heavy atom. The van der Waals surface area contributed by atoms with Crippen LogP contribution in [0.5, 0.6) is 0 Å². The van der Waals surface area contributed by atoms with Crippen molar-refractivity contribution in [1.82, 2.24) is 15.0 Å². The van der Waals surface area contributed by atoms with E-state index in [1.165, 1.54) is 0 Å². The first kappa shape index (κ1) is 7.89. The van der Waals surface area contributed by atoms with Crippen LogP contribution in [-0.2, 0) is 0 Å². The number of hydrogen-bond donors (Lipinski definition) is 0. The zero-order valence-electron chi connectivity index (χ0n) is 5.83. The van der Waals surface area contributed by atoms with Crippen LogP contribution in [0, 0.1) is 0 Å². The van der Waals surface area contributed by atoms with Crippen molar-refractivity contribution in [1.29, 1.82) is 0 Å². The van der Waals surface area contributed by atoms with Crippen LogP contribution in [-0.4, -0.2) is 15.0 Å². The molecule has 3 nitrogen and oxygen atoms in total. The number of fused-ring (bicyclic) bond motifs is 1. The Labute approximate surface area is 81.9 Å². The van der Waals surface area contributed by atoms with Gasteiger partial charge >= 0.3 is 0 Å². The van der Waals surface area contributed by atoms with Gasteiger partial charge in [0, 0.05) is 24.0 Å². The molecule has 0 saturated heterocycles. The van der Waals surface area contributed by atoms with Gasteiger partial charge in [0.2, 0.25) is 5.28 Å². The predicted octanol–water partition coefficient (Wildman–Crippen LogP) is 2.44. The molecule has 2 aromatic heterocycles. The van der Waals surface area contributed by atoms with Crippen LogP contribution >= 0.6 is 27.5 Å². The lowest BCUT2D eigenvalue weighted by atomic mass is 10.3. The van der Waals surface area contributed by atoms with E-state index in [9.17, 15) is 0 Å². The maximum atomic E-state index is 5.63. The van der Waals surface area contributed by atoms with E-state index in [0.29, 0.717) is 0 Å². The lowest BCUT2D eigenvalue weighted by Gasteiger charge is -1.97. The summed E-state index contributed by atoms with van der Waals surface area (Å²) in [6.07, 6.45) is 5.00. The largest absolute Gasteiger partial charge is 0.263 e. The summed E-state index contributed by atoms with van der Waals surface area (Å²) in [5.74, 6) is 0. The van der Waals surface area contributed by atoms with Crippen molar-refractivity contribution in [3.05, 3.63) is 28.3 Å². The average molecular weight is 244 g/mol. The highest BCUT2D eigenvalue weighted by atomic mass is 79.9. The molecule has 2 heterocycles. The zero-order valence-corrected chi connectivity index (χ0v) is 8.17. The van der Waals surface area contributed by atoms with E-state index in [0.717, 1.165) is 15.4 Å². The van der Waals surface area contributed by atoms with Crippen LogP contribution in [0.15, 0.2) is 23.1 Å². The van der Waals surface area contributed by atoms with Crippen LogP contribution < -0.4 is 0 Å². The Balaban J connectivity index is 2.88. The smallest absolute Gasteiger partial charge is 0.222 e. The molecule has 0 aromatic carbocycles. The molecule has 12 heavy (non-hydrogen) atoms. The molecule has 60 valence electrons. The second kappa shape index (κ2) is 2.95. The summed E-state index contributed by atoms with van der Waals surface area (Å²) >= 11 is 8.95. The molecule has 0 amide bonds. The van der Waals surface area contributed by atoms with Gasteiger partial charge in [-0.25, -0.2) is 9.97 Å². The molecule has 0 saturated carbocycles. The summed E-state index contributed by atoms with van der Waals surface area (Å²) in [4.78, 5) is 11.9. The third-order valence-corrected chi connectivity index (χ3v) is 2.18. The van der Waals surface area contributed by atoms with Crippen molar-refractivity contribution < 1.29 is 0 Å². The van der Waals surface area contributed by atoms with E-state index >= 15 is 0 Å². The number of rotatable bonds is 0. The highest BCUT2D eigenvalue weighted by molar-refractivity contribution is 9.10. The Morgan fingerprint density at radius 3 is 2.92 bits per heavy atom. The van der Waals surface area contributed by atoms with Crippen LogP contribution in [0.2, 0.25) is 5.28 Å². The van der Waals surface area contributed by atoms with E-state index in [1.54, 1.807) is 18.6 Å². The fourth-order valence-corrected chi connectivity index (χ4v) is 1.47. The molecule has 0 fully saturated rings. The van der Waals surface area contributed by atoms with E-state index in [4.69, 9.17) is 11.6 Å². The fourth-order valence-electron chi connectivity index (χ4n) is 0.900. The van der Waals surface area contributed by atoms with Gasteiger partial charge in [0.05, 0.1) is 9.99 Å². The average Bonchev–Trinajstić information content (AvgIpc) is 2.07. The molecule has 0 unspecified atom stereocenters. The highest BCUT2D eigenvalue weighted by Gasteiger charge is 2.00. The normalized spacial score (nSPS) is 10.5. The van der Waals surface area contributed by atoms with Gasteiger partial charge in [-0.05, 0) is 27.5 Å². The number of hydrogen-bond acceptors (Lipinski definition) is 3. The third-order valence-electron chi connectivity index (χ3n) is 1.42. The van der Waals surface area contributed by atoms with Crippen molar-refractivity contribution in [3.63, 3.8) is 0 Å². The number of nitrogens with zero attached hydrogens (tertiary/aromatic N) is 3. The summed E-state index contributed by atoms with van der Waals surface area (Å²) < 4.78 is 0.823. The van der Waals surface area contributed by atoms with Crippen LogP contribution in [0.25, 0.3) is 10.9 Å². The standard InChI is InChI=1S/C7H3BrClN3/c8-5-3-10-1-4-2-11-7(9)12-6(4)5/h1-3H. The van der Waals surface area contributed by atoms with E-state index in [-0.39, 0.29) is 5.28 Å². The molecule has 0 aliphatic carbocycles. The molecule has 0 spiro atoms. The van der Waals surface area contributed by atoms with Crippen LogP contribution in [0.3, 0.4) is 0 Å². The lowest BCUT2D eigenvalue weighted by molar-refractivity contribution is 1.20. The quantitative estimate of drug-likeness (QED) is 0.668. The van der Waals surface area contributed by atoms with Gasteiger partial charge < -0.3 is 0 Å². The molecule has 0 N–H and O–H groups in total. The Kier molecular flexibility index (Phi) is 1.94. The highest BCUT2D eigenvalue weighted by Crippen LogP contribution is 2.20. The molecule has 2 rings (SSSR count). The van der Waals surface area contributed by atoms with E-state index < -0.39 is 0 Å². The summed E-state index contributed by atoms with van der Waals surface area (Å²) in [6, 6.07) is 0. The Bertz CT molecular complexity index is 432. The first-order valence-corrected chi connectivity index (χ1v) is 4.36. The molecule has 2 aromatic rings. The van der Waals surface area contributed by atoms with Crippen molar-refractivity contribution in [2.24, 2.45) is 0 Å². The number of pyridine rings is 1. The molecular formula is C7H3BrClN3. The van der Waals surface area contributed by atoms with Gasteiger partial charge in [0.1, 0.15) is 0 Å². The monoisotopic (exact) mass is 243 g/mol. The third kappa shape index (κ3) is 1.28. The van der Waals surface area contributed by atoms with Gasteiger partial charge in [-0.2, -0.15) is 0 Å². The summed E-state index contributed by atoms with van der Waals surface area (Å²) in [5.41, 5.74) is 0.782.